The zero-order valence-electron chi connectivity index (χ0n) is 15.3. The molecule has 1 aliphatic rings. The maximum Gasteiger partial charge on any atom is 0.261 e. The first kappa shape index (κ1) is 18.1. The standard InChI is InChI=1S/C18H23N5O3/c1-13-9-16(22(2)3)21-18(20-13)15-11-25-8-7-23(15)17(24)12-26-14-5-4-6-19-10-14/h4-6,9-10,15H,7-8,11-12H2,1-3H3. The Morgan fingerprint density at radius 2 is 2.27 bits per heavy atom. The Morgan fingerprint density at radius 3 is 3.00 bits per heavy atom. The summed E-state index contributed by atoms with van der Waals surface area (Å²) in [5.41, 5.74) is 0.850. The normalized spacial score (nSPS) is 17.0. The molecule has 26 heavy (non-hydrogen) atoms. The van der Waals surface area contributed by atoms with Crippen molar-refractivity contribution in [2.45, 2.75) is 13.0 Å². The molecule has 1 fully saturated rings. The molecule has 0 spiro atoms. The number of carbonyl (C=O) groups is 1. The lowest BCUT2D eigenvalue weighted by atomic mass is 10.2. The maximum absolute atomic E-state index is 12.7. The van der Waals surface area contributed by atoms with Crippen molar-refractivity contribution in [3.05, 3.63) is 42.1 Å². The lowest BCUT2D eigenvalue weighted by Gasteiger charge is -2.34. The van der Waals surface area contributed by atoms with Gasteiger partial charge in [0, 0.05) is 38.6 Å². The van der Waals surface area contributed by atoms with Crippen molar-refractivity contribution in [2.24, 2.45) is 0 Å². The minimum Gasteiger partial charge on any atom is -0.482 e. The zero-order valence-corrected chi connectivity index (χ0v) is 15.3. The molecular formula is C18H23N5O3. The second-order valence-corrected chi connectivity index (χ2v) is 6.28. The molecule has 1 aliphatic heterocycles. The highest BCUT2D eigenvalue weighted by Gasteiger charge is 2.31. The zero-order chi connectivity index (χ0) is 18.5. The fourth-order valence-corrected chi connectivity index (χ4v) is 2.73. The number of morpholine rings is 1. The van der Waals surface area contributed by atoms with Gasteiger partial charge in [0.1, 0.15) is 17.6 Å². The molecule has 0 N–H and O–H groups in total. The number of carbonyl (C=O) groups excluding carboxylic acids is 1. The van der Waals surface area contributed by atoms with E-state index in [4.69, 9.17) is 9.47 Å². The third-order valence-electron chi connectivity index (χ3n) is 4.06. The van der Waals surface area contributed by atoms with Gasteiger partial charge in [-0.2, -0.15) is 0 Å². The highest BCUT2D eigenvalue weighted by atomic mass is 16.5. The molecule has 0 radical (unpaired) electrons. The number of hydrogen-bond donors (Lipinski definition) is 0. The van der Waals surface area contributed by atoms with Crippen LogP contribution in [-0.4, -0.2) is 66.2 Å². The van der Waals surface area contributed by atoms with Gasteiger partial charge in [0.25, 0.3) is 5.91 Å². The Labute approximate surface area is 152 Å². The molecule has 3 rings (SSSR count). The van der Waals surface area contributed by atoms with Gasteiger partial charge in [-0.15, -0.1) is 0 Å². The highest BCUT2D eigenvalue weighted by molar-refractivity contribution is 5.78. The van der Waals surface area contributed by atoms with Gasteiger partial charge in [0.2, 0.25) is 0 Å². The first-order chi connectivity index (χ1) is 12.5. The number of hydrogen-bond acceptors (Lipinski definition) is 7. The summed E-state index contributed by atoms with van der Waals surface area (Å²) in [6.45, 7) is 3.19. The fraction of sp³-hybridized carbons (Fsp3) is 0.444. The third-order valence-corrected chi connectivity index (χ3v) is 4.06. The van der Waals surface area contributed by atoms with Crippen LogP contribution in [0.2, 0.25) is 0 Å². The first-order valence-corrected chi connectivity index (χ1v) is 8.47. The van der Waals surface area contributed by atoms with Crippen LogP contribution in [0.1, 0.15) is 17.6 Å². The predicted octanol–water partition coefficient (Wildman–Crippen LogP) is 1.22. The third kappa shape index (κ3) is 4.26. The number of nitrogens with zero attached hydrogens (tertiary/aromatic N) is 5. The van der Waals surface area contributed by atoms with E-state index in [1.54, 1.807) is 29.4 Å². The number of rotatable bonds is 5. The van der Waals surface area contributed by atoms with Gasteiger partial charge in [-0.05, 0) is 19.1 Å². The summed E-state index contributed by atoms with van der Waals surface area (Å²) in [6, 6.07) is 5.11. The number of anilines is 1. The molecule has 0 bridgehead atoms. The molecule has 8 nitrogen and oxygen atoms in total. The van der Waals surface area contributed by atoms with Crippen LogP contribution in [0.15, 0.2) is 30.6 Å². The molecule has 1 amide bonds. The molecule has 8 heteroatoms. The average Bonchev–Trinajstić information content (AvgIpc) is 2.66. The van der Waals surface area contributed by atoms with Gasteiger partial charge >= 0.3 is 0 Å². The summed E-state index contributed by atoms with van der Waals surface area (Å²) in [5, 5.41) is 0. The van der Waals surface area contributed by atoms with E-state index in [2.05, 4.69) is 15.0 Å². The molecular weight excluding hydrogens is 334 g/mol. The highest BCUT2D eigenvalue weighted by Crippen LogP contribution is 2.24. The van der Waals surface area contributed by atoms with Crippen molar-refractivity contribution in [1.29, 1.82) is 0 Å². The summed E-state index contributed by atoms with van der Waals surface area (Å²) in [7, 11) is 3.85. The van der Waals surface area contributed by atoms with E-state index in [9.17, 15) is 4.79 Å². The van der Waals surface area contributed by atoms with Crippen molar-refractivity contribution < 1.29 is 14.3 Å². The Balaban J connectivity index is 1.76. The van der Waals surface area contributed by atoms with Crippen molar-refractivity contribution in [3.63, 3.8) is 0 Å². The van der Waals surface area contributed by atoms with Crippen molar-refractivity contribution in [1.82, 2.24) is 19.9 Å². The van der Waals surface area contributed by atoms with E-state index >= 15 is 0 Å². The summed E-state index contributed by atoms with van der Waals surface area (Å²) in [5.74, 6) is 1.83. The van der Waals surface area contributed by atoms with E-state index in [0.717, 1.165) is 11.5 Å². The van der Waals surface area contributed by atoms with E-state index in [1.807, 2.05) is 32.0 Å². The van der Waals surface area contributed by atoms with Gasteiger partial charge < -0.3 is 19.3 Å². The SMILES string of the molecule is Cc1cc(N(C)C)nc(C2COCCN2C(=O)COc2cccnc2)n1. The number of ether oxygens (including phenoxy) is 2. The Kier molecular flexibility index (Phi) is 5.62. The molecule has 1 saturated heterocycles. The Hall–Kier alpha value is -2.74. The molecule has 2 aromatic rings. The van der Waals surface area contributed by atoms with E-state index in [0.29, 0.717) is 31.3 Å². The Morgan fingerprint density at radius 1 is 1.42 bits per heavy atom. The number of pyridine rings is 1. The minimum atomic E-state index is -0.327. The molecule has 3 heterocycles. The predicted molar refractivity (Wildman–Crippen MR) is 96.1 cm³/mol. The number of amides is 1. The lowest BCUT2D eigenvalue weighted by molar-refractivity contribution is -0.142. The molecule has 0 saturated carbocycles. The average molecular weight is 357 g/mol. The summed E-state index contributed by atoms with van der Waals surface area (Å²) in [6.07, 6.45) is 3.24. The van der Waals surface area contributed by atoms with Crippen molar-refractivity contribution in [2.75, 3.05) is 45.4 Å². The van der Waals surface area contributed by atoms with Crippen molar-refractivity contribution in [3.8, 4) is 5.75 Å². The van der Waals surface area contributed by atoms with E-state index in [-0.39, 0.29) is 18.6 Å². The molecule has 2 aromatic heterocycles. The lowest BCUT2D eigenvalue weighted by Crippen LogP contribution is -2.46. The van der Waals surface area contributed by atoms with Crippen LogP contribution in [0.5, 0.6) is 5.75 Å². The molecule has 138 valence electrons. The monoisotopic (exact) mass is 357 g/mol. The smallest absolute Gasteiger partial charge is 0.261 e. The van der Waals surface area contributed by atoms with Gasteiger partial charge in [-0.1, -0.05) is 0 Å². The van der Waals surface area contributed by atoms with Crippen LogP contribution < -0.4 is 9.64 Å². The second kappa shape index (κ2) is 8.09. The van der Waals surface area contributed by atoms with Gasteiger partial charge in [-0.3, -0.25) is 9.78 Å². The molecule has 1 atom stereocenters. The summed E-state index contributed by atoms with van der Waals surface area (Å²) >= 11 is 0. The fourth-order valence-electron chi connectivity index (χ4n) is 2.73. The van der Waals surface area contributed by atoms with Crippen LogP contribution in [0.3, 0.4) is 0 Å². The van der Waals surface area contributed by atoms with Crippen LogP contribution in [0, 0.1) is 6.92 Å². The van der Waals surface area contributed by atoms with E-state index in [1.165, 1.54) is 0 Å². The molecule has 0 aromatic carbocycles. The minimum absolute atomic E-state index is 0.0610. The van der Waals surface area contributed by atoms with Gasteiger partial charge in [0.15, 0.2) is 12.4 Å². The van der Waals surface area contributed by atoms with Crippen molar-refractivity contribution >= 4 is 11.7 Å². The summed E-state index contributed by atoms with van der Waals surface area (Å²) in [4.78, 5) is 29.5. The van der Waals surface area contributed by atoms with Crippen LogP contribution in [0.4, 0.5) is 5.82 Å². The number of aromatic nitrogens is 3. The molecule has 0 aliphatic carbocycles. The van der Waals surface area contributed by atoms with Crippen LogP contribution >= 0.6 is 0 Å². The number of aryl methyl sites for hydroxylation is 1. The van der Waals surface area contributed by atoms with E-state index < -0.39 is 0 Å². The quantitative estimate of drug-likeness (QED) is 0.796. The van der Waals surface area contributed by atoms with Crippen LogP contribution in [0.25, 0.3) is 0 Å². The Bertz CT molecular complexity index is 754. The second-order valence-electron chi connectivity index (χ2n) is 6.28. The first-order valence-electron chi connectivity index (χ1n) is 8.47. The topological polar surface area (TPSA) is 80.7 Å². The summed E-state index contributed by atoms with van der Waals surface area (Å²) < 4.78 is 11.1. The maximum atomic E-state index is 12.7. The molecule has 1 unspecified atom stereocenters. The van der Waals surface area contributed by atoms with Gasteiger partial charge in [-0.25, -0.2) is 9.97 Å². The van der Waals surface area contributed by atoms with Gasteiger partial charge in [0.05, 0.1) is 19.4 Å². The largest absolute Gasteiger partial charge is 0.482 e. The van der Waals surface area contributed by atoms with Crippen LogP contribution in [-0.2, 0) is 9.53 Å².